The lowest BCUT2D eigenvalue weighted by Crippen LogP contribution is -2.23. The van der Waals surface area contributed by atoms with Crippen molar-refractivity contribution < 1.29 is 19.7 Å². The second-order valence-electron chi connectivity index (χ2n) is 8.34. The summed E-state index contributed by atoms with van der Waals surface area (Å²) in [5.74, 6) is -0.677. The van der Waals surface area contributed by atoms with Crippen LogP contribution in [0.4, 0.5) is 0 Å². The van der Waals surface area contributed by atoms with Crippen molar-refractivity contribution in [1.29, 1.82) is 0 Å². The average molecular weight is 387 g/mol. The van der Waals surface area contributed by atoms with Gasteiger partial charge in [-0.1, -0.05) is 53.4 Å². The Balaban J connectivity index is 3.89. The van der Waals surface area contributed by atoms with Crippen molar-refractivity contribution in [2.45, 2.75) is 111 Å². The molecule has 0 amide bonds. The number of unbranched alkanes of at least 4 members (excludes halogenated alkanes) is 2. The fourth-order valence-corrected chi connectivity index (χ4v) is 4.31. The van der Waals surface area contributed by atoms with Crippen molar-refractivity contribution in [2.75, 3.05) is 19.8 Å². The molecule has 0 spiro atoms. The SMILES string of the molecule is CCC(CC)(CCCO)CCCCOCCCCC(CC)(CC)CC(=O)O. The highest BCUT2D eigenvalue weighted by Crippen LogP contribution is 2.37. The van der Waals surface area contributed by atoms with E-state index in [0.29, 0.717) is 12.0 Å². The lowest BCUT2D eigenvalue weighted by atomic mass is 9.74. The third-order valence-electron chi connectivity index (χ3n) is 6.88. The van der Waals surface area contributed by atoms with Gasteiger partial charge in [-0.05, 0) is 62.2 Å². The Bertz CT molecular complexity index is 359. The minimum absolute atomic E-state index is 0.0377. The zero-order chi connectivity index (χ0) is 20.6. The highest BCUT2D eigenvalue weighted by molar-refractivity contribution is 5.67. The number of aliphatic hydroxyl groups excluding tert-OH is 1. The molecule has 0 saturated heterocycles. The Morgan fingerprint density at radius 3 is 1.59 bits per heavy atom. The van der Waals surface area contributed by atoms with Gasteiger partial charge in [0.1, 0.15) is 0 Å². The zero-order valence-electron chi connectivity index (χ0n) is 18.5. The molecule has 0 bridgehead atoms. The van der Waals surface area contributed by atoms with E-state index in [1.165, 1.54) is 25.7 Å². The van der Waals surface area contributed by atoms with Crippen LogP contribution in [-0.2, 0) is 9.53 Å². The van der Waals surface area contributed by atoms with Crippen LogP contribution in [0.3, 0.4) is 0 Å². The summed E-state index contributed by atoms with van der Waals surface area (Å²) in [5.41, 5.74) is 0.362. The van der Waals surface area contributed by atoms with Crippen molar-refractivity contribution in [3.8, 4) is 0 Å². The van der Waals surface area contributed by atoms with Gasteiger partial charge in [-0.3, -0.25) is 4.79 Å². The molecule has 0 heterocycles. The highest BCUT2D eigenvalue weighted by Gasteiger charge is 2.28. The van der Waals surface area contributed by atoms with Crippen LogP contribution in [0.25, 0.3) is 0 Å². The standard InChI is InChI=1S/C23H46O4/c1-5-22(6-2,16-13-17-24)14-9-11-18-27-19-12-10-15-23(7-3,8-4)20-21(25)26/h24H,5-20H2,1-4H3,(H,25,26). The summed E-state index contributed by atoms with van der Waals surface area (Å²) in [6.45, 7) is 10.7. The minimum Gasteiger partial charge on any atom is -0.481 e. The first kappa shape index (κ1) is 26.4. The Kier molecular flexibility index (Phi) is 15.0. The summed E-state index contributed by atoms with van der Waals surface area (Å²) in [6.07, 6.45) is 13.2. The molecule has 162 valence electrons. The molecule has 0 saturated carbocycles. The van der Waals surface area contributed by atoms with Crippen LogP contribution in [0.5, 0.6) is 0 Å². The van der Waals surface area contributed by atoms with Crippen LogP contribution in [-0.4, -0.2) is 36.0 Å². The molecule has 2 N–H and O–H groups in total. The Hall–Kier alpha value is -0.610. The maximum Gasteiger partial charge on any atom is 0.303 e. The van der Waals surface area contributed by atoms with Crippen LogP contribution in [0.15, 0.2) is 0 Å². The molecule has 0 aromatic carbocycles. The number of rotatable bonds is 19. The molecule has 0 aliphatic heterocycles. The largest absolute Gasteiger partial charge is 0.481 e. The van der Waals surface area contributed by atoms with Gasteiger partial charge in [-0.2, -0.15) is 0 Å². The van der Waals surface area contributed by atoms with Gasteiger partial charge in [0.15, 0.2) is 0 Å². The predicted octanol–water partition coefficient (Wildman–Crippen LogP) is 6.20. The second kappa shape index (κ2) is 15.3. The van der Waals surface area contributed by atoms with E-state index in [1.807, 2.05) is 0 Å². The number of carboxylic acid groups (broad SMARTS) is 1. The number of hydrogen-bond acceptors (Lipinski definition) is 3. The van der Waals surface area contributed by atoms with E-state index in [0.717, 1.165) is 64.6 Å². The van der Waals surface area contributed by atoms with Gasteiger partial charge in [0.05, 0.1) is 6.42 Å². The fraction of sp³-hybridized carbons (Fsp3) is 0.957. The summed E-state index contributed by atoms with van der Waals surface area (Å²) < 4.78 is 5.80. The van der Waals surface area contributed by atoms with Crippen LogP contribution < -0.4 is 0 Å². The third kappa shape index (κ3) is 11.1. The van der Waals surface area contributed by atoms with Gasteiger partial charge in [0, 0.05) is 19.8 Å². The van der Waals surface area contributed by atoms with Crippen molar-refractivity contribution in [3.63, 3.8) is 0 Å². The normalized spacial score (nSPS) is 12.5. The molecule has 4 nitrogen and oxygen atoms in total. The van der Waals surface area contributed by atoms with E-state index in [4.69, 9.17) is 14.9 Å². The minimum atomic E-state index is -0.677. The van der Waals surface area contributed by atoms with Crippen LogP contribution in [0.1, 0.15) is 111 Å². The van der Waals surface area contributed by atoms with Crippen LogP contribution in [0.2, 0.25) is 0 Å². The van der Waals surface area contributed by atoms with Crippen molar-refractivity contribution in [3.05, 3.63) is 0 Å². The van der Waals surface area contributed by atoms with E-state index in [1.54, 1.807) is 0 Å². The van der Waals surface area contributed by atoms with E-state index >= 15 is 0 Å². The molecule has 0 radical (unpaired) electrons. The quantitative estimate of drug-likeness (QED) is 0.259. The molecule has 4 heteroatoms. The first-order valence-corrected chi connectivity index (χ1v) is 11.3. The van der Waals surface area contributed by atoms with Crippen LogP contribution >= 0.6 is 0 Å². The topological polar surface area (TPSA) is 66.8 Å². The summed E-state index contributed by atoms with van der Waals surface area (Å²) in [5, 5.41) is 18.2. The van der Waals surface area contributed by atoms with Gasteiger partial charge < -0.3 is 14.9 Å². The lowest BCUT2D eigenvalue weighted by Gasteiger charge is -2.32. The number of aliphatic carboxylic acids is 1. The summed E-state index contributed by atoms with van der Waals surface area (Å²) in [7, 11) is 0. The van der Waals surface area contributed by atoms with Gasteiger partial charge in [0.25, 0.3) is 0 Å². The Morgan fingerprint density at radius 2 is 1.19 bits per heavy atom. The molecule has 0 aliphatic carbocycles. The first-order chi connectivity index (χ1) is 12.9. The van der Waals surface area contributed by atoms with Gasteiger partial charge in [-0.15, -0.1) is 0 Å². The first-order valence-electron chi connectivity index (χ1n) is 11.3. The molecule has 0 atom stereocenters. The zero-order valence-corrected chi connectivity index (χ0v) is 18.5. The molecular formula is C23H46O4. The molecular weight excluding hydrogens is 340 g/mol. The monoisotopic (exact) mass is 386 g/mol. The Labute approximate surface area is 168 Å². The summed E-state index contributed by atoms with van der Waals surface area (Å²) in [6, 6.07) is 0. The van der Waals surface area contributed by atoms with Gasteiger partial charge in [-0.25, -0.2) is 0 Å². The van der Waals surface area contributed by atoms with Gasteiger partial charge >= 0.3 is 5.97 Å². The molecule has 0 aromatic rings. The third-order valence-corrected chi connectivity index (χ3v) is 6.88. The maximum absolute atomic E-state index is 11.1. The highest BCUT2D eigenvalue weighted by atomic mass is 16.5. The predicted molar refractivity (Wildman–Crippen MR) is 113 cm³/mol. The number of carbonyl (C=O) groups is 1. The van der Waals surface area contributed by atoms with E-state index in [9.17, 15) is 4.79 Å². The smallest absolute Gasteiger partial charge is 0.303 e. The van der Waals surface area contributed by atoms with Gasteiger partial charge in [0.2, 0.25) is 0 Å². The molecule has 0 aromatic heterocycles. The molecule has 0 fully saturated rings. The van der Waals surface area contributed by atoms with Crippen LogP contribution in [0, 0.1) is 10.8 Å². The lowest BCUT2D eigenvalue weighted by molar-refractivity contribution is -0.140. The molecule has 0 aliphatic rings. The molecule has 0 rings (SSSR count). The molecule has 27 heavy (non-hydrogen) atoms. The number of hydrogen-bond donors (Lipinski definition) is 2. The fourth-order valence-electron chi connectivity index (χ4n) is 4.31. The maximum atomic E-state index is 11.1. The number of ether oxygens (including phenoxy) is 1. The van der Waals surface area contributed by atoms with E-state index in [2.05, 4.69) is 27.7 Å². The number of aliphatic hydroxyl groups is 1. The van der Waals surface area contributed by atoms with Crippen molar-refractivity contribution >= 4 is 5.97 Å². The van der Waals surface area contributed by atoms with Crippen molar-refractivity contribution in [2.24, 2.45) is 10.8 Å². The summed E-state index contributed by atoms with van der Waals surface area (Å²) >= 11 is 0. The number of carboxylic acids is 1. The Morgan fingerprint density at radius 1 is 0.741 bits per heavy atom. The van der Waals surface area contributed by atoms with E-state index < -0.39 is 5.97 Å². The van der Waals surface area contributed by atoms with Crippen molar-refractivity contribution in [1.82, 2.24) is 0 Å². The summed E-state index contributed by atoms with van der Waals surface area (Å²) in [4.78, 5) is 11.1. The second-order valence-corrected chi connectivity index (χ2v) is 8.34. The van der Waals surface area contributed by atoms with E-state index in [-0.39, 0.29) is 11.8 Å². The average Bonchev–Trinajstić information content (AvgIpc) is 2.68. The molecule has 0 unspecified atom stereocenters.